The number of carbonyl (C=O) groups is 1. The number of aromatic nitrogens is 3. The first-order valence-corrected chi connectivity index (χ1v) is 14.9. The molecule has 1 N–H and O–H groups in total. The van der Waals surface area contributed by atoms with E-state index in [0.717, 1.165) is 67.8 Å². The predicted molar refractivity (Wildman–Crippen MR) is 156 cm³/mol. The molecule has 0 radical (unpaired) electrons. The summed E-state index contributed by atoms with van der Waals surface area (Å²) in [6, 6.07) is 17.9. The van der Waals surface area contributed by atoms with Crippen molar-refractivity contribution < 1.29 is 23.8 Å². The fourth-order valence-electron chi connectivity index (χ4n) is 6.90. The van der Waals surface area contributed by atoms with Crippen LogP contribution in [0.5, 0.6) is 5.88 Å². The van der Waals surface area contributed by atoms with Crippen LogP contribution in [0.2, 0.25) is 0 Å². The van der Waals surface area contributed by atoms with E-state index in [4.69, 9.17) is 24.7 Å². The average Bonchev–Trinajstić information content (AvgIpc) is 3.46. The fourth-order valence-corrected chi connectivity index (χ4v) is 6.90. The molecule has 0 amide bonds. The predicted octanol–water partition coefficient (Wildman–Crippen LogP) is 5.50. The van der Waals surface area contributed by atoms with E-state index in [1.807, 2.05) is 24.3 Å². The Labute approximate surface area is 248 Å². The maximum atomic E-state index is 14.3. The van der Waals surface area contributed by atoms with Crippen LogP contribution >= 0.6 is 0 Å². The van der Waals surface area contributed by atoms with Gasteiger partial charge in [-0.25, -0.2) is 14.2 Å². The van der Waals surface area contributed by atoms with E-state index in [9.17, 15) is 14.3 Å². The molecule has 3 aliphatic heterocycles. The summed E-state index contributed by atoms with van der Waals surface area (Å²) in [4.78, 5) is 23.8. The fraction of sp³-hybridized carbons (Fsp3) is 0.394. The number of rotatable bonds is 9. The second-order valence-electron chi connectivity index (χ2n) is 11.8. The highest BCUT2D eigenvalue weighted by atomic mass is 19.1. The molecular weight excluding hydrogens is 549 g/mol. The third-order valence-corrected chi connectivity index (χ3v) is 9.09. The molecule has 220 valence electrons. The molecule has 0 aliphatic carbocycles. The molecule has 3 atom stereocenters. The van der Waals surface area contributed by atoms with Gasteiger partial charge in [0.2, 0.25) is 5.88 Å². The monoisotopic (exact) mass is 581 g/mol. The number of nitrogens with zero attached hydrogens (tertiary/aromatic N) is 5. The summed E-state index contributed by atoms with van der Waals surface area (Å²) < 4.78 is 28.1. The summed E-state index contributed by atoms with van der Waals surface area (Å²) >= 11 is 0. The lowest BCUT2D eigenvalue weighted by Gasteiger charge is -2.40. The number of hydrogen-bond acceptors (Lipinski definition) is 7. The number of hydrogen-bond donors (Lipinski definition) is 1. The lowest BCUT2D eigenvalue weighted by molar-refractivity contribution is -0.0590. The number of imidazole rings is 1. The van der Waals surface area contributed by atoms with Gasteiger partial charge in [-0.3, -0.25) is 0 Å². The van der Waals surface area contributed by atoms with Crippen LogP contribution in [0.15, 0.2) is 54.6 Å². The maximum Gasteiger partial charge on any atom is 0.335 e. The number of piperidine rings is 1. The van der Waals surface area contributed by atoms with Gasteiger partial charge in [-0.2, -0.15) is 10.2 Å². The second-order valence-corrected chi connectivity index (χ2v) is 11.8. The van der Waals surface area contributed by atoms with E-state index < -0.39 is 11.8 Å². The number of nitriles is 1. The quantitative estimate of drug-likeness (QED) is 0.276. The van der Waals surface area contributed by atoms with Crippen molar-refractivity contribution in [2.45, 2.75) is 69.9 Å². The third-order valence-electron chi connectivity index (χ3n) is 9.09. The highest BCUT2D eigenvalue weighted by Crippen LogP contribution is 2.42. The first kappa shape index (κ1) is 27.3. The molecule has 2 aromatic heterocycles. The molecule has 3 unspecified atom stereocenters. The molecule has 3 saturated heterocycles. The summed E-state index contributed by atoms with van der Waals surface area (Å²) in [5, 5.41) is 18.5. The second kappa shape index (κ2) is 11.3. The zero-order valence-electron chi connectivity index (χ0n) is 23.7. The number of carboxylic acids is 1. The van der Waals surface area contributed by atoms with E-state index in [2.05, 4.69) is 9.47 Å². The molecule has 0 spiro atoms. The van der Waals surface area contributed by atoms with Gasteiger partial charge < -0.3 is 24.0 Å². The van der Waals surface area contributed by atoms with Gasteiger partial charge in [0.1, 0.15) is 24.1 Å². The SMILES string of the molecule is N#Cc1ccc(COc2cccc(N3C4CCC3CC(Cc3nc5ccc(C(=O)O)cc5n3CC3CCO3)C4)n2)c(F)c1. The van der Waals surface area contributed by atoms with Crippen LogP contribution in [0.4, 0.5) is 10.2 Å². The average molecular weight is 582 g/mol. The molecule has 2 bridgehead atoms. The molecule has 9 nitrogen and oxygen atoms in total. The number of fused-ring (bicyclic) bond motifs is 3. The van der Waals surface area contributed by atoms with Crippen molar-refractivity contribution in [1.29, 1.82) is 5.26 Å². The van der Waals surface area contributed by atoms with Crippen LogP contribution in [-0.4, -0.2) is 50.4 Å². The van der Waals surface area contributed by atoms with Crippen LogP contribution in [0.1, 0.15) is 59.4 Å². The largest absolute Gasteiger partial charge is 0.478 e. The Kier molecular flexibility index (Phi) is 7.19. The smallest absolute Gasteiger partial charge is 0.335 e. The molecule has 43 heavy (non-hydrogen) atoms. The third kappa shape index (κ3) is 5.41. The summed E-state index contributed by atoms with van der Waals surface area (Å²) in [6.45, 7) is 1.48. The van der Waals surface area contributed by atoms with Crippen molar-refractivity contribution in [3.8, 4) is 11.9 Å². The van der Waals surface area contributed by atoms with E-state index >= 15 is 0 Å². The summed E-state index contributed by atoms with van der Waals surface area (Å²) in [6.07, 6.45) is 6.19. The highest BCUT2D eigenvalue weighted by Gasteiger charge is 2.42. The Morgan fingerprint density at radius 2 is 1.91 bits per heavy atom. The van der Waals surface area contributed by atoms with Gasteiger partial charge in [-0.15, -0.1) is 0 Å². The Hall–Kier alpha value is -4.49. The minimum Gasteiger partial charge on any atom is -0.478 e. The minimum absolute atomic E-state index is 0.0315. The summed E-state index contributed by atoms with van der Waals surface area (Å²) in [7, 11) is 0. The van der Waals surface area contributed by atoms with Crippen molar-refractivity contribution in [3.63, 3.8) is 0 Å². The Bertz CT molecular complexity index is 1710. The van der Waals surface area contributed by atoms with Crippen molar-refractivity contribution in [3.05, 3.63) is 82.9 Å². The molecule has 0 saturated carbocycles. The number of pyridine rings is 1. The normalized spacial score (nSPS) is 22.7. The van der Waals surface area contributed by atoms with E-state index in [-0.39, 0.29) is 23.8 Å². The maximum absolute atomic E-state index is 14.3. The first-order valence-electron chi connectivity index (χ1n) is 14.9. The van der Waals surface area contributed by atoms with Crippen molar-refractivity contribution in [2.75, 3.05) is 11.5 Å². The highest BCUT2D eigenvalue weighted by molar-refractivity contribution is 5.92. The standard InChI is InChI=1S/C33H32FN5O4/c34-27-14-20(17-35)4-5-23(27)19-43-32-3-1-2-30(37-32)39-24-7-8-25(39)13-21(12-24)15-31-36-28-9-6-22(33(40)41)16-29(28)38(31)18-26-10-11-42-26/h1-6,9,14,16,21,24-26H,7-8,10-13,15,18-19H2,(H,40,41). The van der Waals surface area contributed by atoms with Gasteiger partial charge in [-0.1, -0.05) is 12.1 Å². The number of carboxylic acid groups (broad SMARTS) is 1. The van der Waals surface area contributed by atoms with E-state index in [1.165, 1.54) is 6.07 Å². The lowest BCUT2D eigenvalue weighted by Crippen LogP contribution is -2.44. The lowest BCUT2D eigenvalue weighted by atomic mass is 9.88. The van der Waals surface area contributed by atoms with Crippen LogP contribution in [0.25, 0.3) is 11.0 Å². The van der Waals surface area contributed by atoms with Crippen molar-refractivity contribution in [1.82, 2.24) is 14.5 Å². The number of ether oxygens (including phenoxy) is 2. The van der Waals surface area contributed by atoms with Crippen LogP contribution in [-0.2, 0) is 24.3 Å². The number of aromatic carboxylic acids is 1. The van der Waals surface area contributed by atoms with Gasteiger partial charge in [0.25, 0.3) is 0 Å². The zero-order chi connectivity index (χ0) is 29.5. The van der Waals surface area contributed by atoms with Crippen molar-refractivity contribution in [2.24, 2.45) is 5.92 Å². The molecule has 4 aromatic rings. The van der Waals surface area contributed by atoms with E-state index in [1.54, 1.807) is 30.3 Å². The summed E-state index contributed by atoms with van der Waals surface area (Å²) in [5.41, 5.74) is 2.59. The Morgan fingerprint density at radius 1 is 1.09 bits per heavy atom. The minimum atomic E-state index is -0.940. The molecule has 2 aromatic carbocycles. The van der Waals surface area contributed by atoms with Gasteiger partial charge in [0.15, 0.2) is 0 Å². The molecule has 3 fully saturated rings. The van der Waals surface area contributed by atoms with Gasteiger partial charge >= 0.3 is 5.97 Å². The summed E-state index contributed by atoms with van der Waals surface area (Å²) in [5.74, 6) is 1.35. The first-order chi connectivity index (χ1) is 20.9. The molecule has 5 heterocycles. The van der Waals surface area contributed by atoms with Gasteiger partial charge in [-0.05, 0) is 74.4 Å². The van der Waals surface area contributed by atoms with Crippen molar-refractivity contribution >= 4 is 22.8 Å². The molecular formula is C33H32FN5O4. The van der Waals surface area contributed by atoms with Gasteiger partial charge in [0, 0.05) is 36.7 Å². The molecule has 7 rings (SSSR count). The zero-order valence-corrected chi connectivity index (χ0v) is 23.7. The van der Waals surface area contributed by atoms with E-state index in [0.29, 0.717) is 36.0 Å². The van der Waals surface area contributed by atoms with Crippen LogP contribution in [0.3, 0.4) is 0 Å². The van der Waals surface area contributed by atoms with Crippen LogP contribution in [0, 0.1) is 23.1 Å². The topological polar surface area (TPSA) is 114 Å². The molecule has 3 aliphatic rings. The van der Waals surface area contributed by atoms with Gasteiger partial charge in [0.05, 0.1) is 40.9 Å². The Balaban J connectivity index is 1.06. The number of anilines is 1. The Morgan fingerprint density at radius 3 is 2.60 bits per heavy atom. The van der Waals surface area contributed by atoms with Crippen LogP contribution < -0.4 is 9.64 Å². The number of halogens is 1. The number of benzene rings is 2. The molecule has 10 heteroatoms.